The number of anilines is 1. The second-order valence-corrected chi connectivity index (χ2v) is 6.17. The molecular formula is C16H13BrF4N3O3+. The molecule has 0 aliphatic heterocycles. The molecule has 11 heteroatoms. The SMILES string of the molecule is COC(=O)[C@@](NC(=O)c1cccc(F)c1)(Nc1ccc(Br)c[nH+]1)C(F)(F)F. The van der Waals surface area contributed by atoms with Crippen molar-refractivity contribution < 1.29 is 36.9 Å². The van der Waals surface area contributed by atoms with E-state index in [-0.39, 0.29) is 5.82 Å². The van der Waals surface area contributed by atoms with Gasteiger partial charge in [0.1, 0.15) is 12.0 Å². The minimum absolute atomic E-state index is 0.236. The fraction of sp³-hybridized carbons (Fsp3) is 0.188. The summed E-state index contributed by atoms with van der Waals surface area (Å²) in [7, 11) is 0.740. The molecule has 3 N–H and O–H groups in total. The van der Waals surface area contributed by atoms with Gasteiger partial charge in [-0.2, -0.15) is 13.2 Å². The number of alkyl halides is 3. The topological polar surface area (TPSA) is 81.6 Å². The zero-order chi connectivity index (χ0) is 20.2. The van der Waals surface area contributed by atoms with Gasteiger partial charge in [0.2, 0.25) is 0 Å². The fourth-order valence-electron chi connectivity index (χ4n) is 2.10. The summed E-state index contributed by atoms with van der Waals surface area (Å²) in [5, 5.41) is 3.50. The first-order valence-electron chi connectivity index (χ1n) is 7.27. The summed E-state index contributed by atoms with van der Waals surface area (Å²) in [5.74, 6) is -4.20. The number of hydrogen-bond donors (Lipinski definition) is 2. The van der Waals surface area contributed by atoms with E-state index in [0.29, 0.717) is 4.47 Å². The number of carbonyl (C=O) groups is 2. The fourth-order valence-corrected chi connectivity index (χ4v) is 2.35. The Morgan fingerprint density at radius 2 is 1.89 bits per heavy atom. The Balaban J connectivity index is 2.48. The Labute approximate surface area is 159 Å². The van der Waals surface area contributed by atoms with Crippen molar-refractivity contribution in [3.05, 3.63) is 58.4 Å². The predicted molar refractivity (Wildman–Crippen MR) is 89.0 cm³/mol. The van der Waals surface area contributed by atoms with Gasteiger partial charge in [0.05, 0.1) is 11.6 Å². The van der Waals surface area contributed by atoms with Crippen LogP contribution < -0.4 is 15.6 Å². The molecule has 2 aromatic rings. The number of benzene rings is 1. The molecule has 0 saturated carbocycles. The number of methoxy groups -OCH3 is 1. The van der Waals surface area contributed by atoms with Crippen LogP contribution in [0.25, 0.3) is 0 Å². The van der Waals surface area contributed by atoms with Crippen molar-refractivity contribution in [1.29, 1.82) is 0 Å². The number of halogens is 5. The minimum atomic E-state index is -5.30. The first-order valence-corrected chi connectivity index (χ1v) is 8.07. The van der Waals surface area contributed by atoms with Gasteiger partial charge in [0.25, 0.3) is 11.7 Å². The number of esters is 1. The summed E-state index contributed by atoms with van der Waals surface area (Å²) < 4.78 is 59.7. The molecule has 1 atom stereocenters. The Hall–Kier alpha value is -2.69. The number of carbonyl (C=O) groups excluding carboxylic acids is 2. The Morgan fingerprint density at radius 1 is 1.19 bits per heavy atom. The lowest BCUT2D eigenvalue weighted by Gasteiger charge is -2.30. The molecule has 1 heterocycles. The molecule has 0 aliphatic rings. The third-order valence-electron chi connectivity index (χ3n) is 3.40. The number of H-pyrrole nitrogens is 1. The Bertz CT molecular complexity index is 846. The van der Waals surface area contributed by atoms with Gasteiger partial charge >= 0.3 is 17.8 Å². The van der Waals surface area contributed by atoms with Crippen molar-refractivity contribution in [3.8, 4) is 0 Å². The highest BCUT2D eigenvalue weighted by Crippen LogP contribution is 2.32. The predicted octanol–water partition coefficient (Wildman–Crippen LogP) is 2.68. The zero-order valence-corrected chi connectivity index (χ0v) is 15.2. The summed E-state index contributed by atoms with van der Waals surface area (Å²) in [6.07, 6.45) is -3.99. The summed E-state index contributed by atoms with van der Waals surface area (Å²) in [6.45, 7) is 0. The molecule has 6 nitrogen and oxygen atoms in total. The maximum Gasteiger partial charge on any atom is 0.464 e. The molecule has 2 rings (SSSR count). The second kappa shape index (κ2) is 7.91. The average molecular weight is 451 g/mol. The summed E-state index contributed by atoms with van der Waals surface area (Å²) in [4.78, 5) is 26.8. The van der Waals surface area contributed by atoms with E-state index >= 15 is 0 Å². The van der Waals surface area contributed by atoms with Gasteiger partial charge in [-0.25, -0.2) is 19.5 Å². The number of ether oxygens (including phenoxy) is 1. The number of hydrogen-bond acceptors (Lipinski definition) is 4. The van der Waals surface area contributed by atoms with E-state index in [2.05, 4.69) is 25.7 Å². The lowest BCUT2D eigenvalue weighted by atomic mass is 10.1. The number of aromatic nitrogens is 1. The molecule has 1 amide bonds. The molecule has 27 heavy (non-hydrogen) atoms. The lowest BCUT2D eigenvalue weighted by Crippen LogP contribution is -2.69. The number of aromatic amines is 1. The highest BCUT2D eigenvalue weighted by atomic mass is 79.9. The first-order chi connectivity index (χ1) is 12.6. The van der Waals surface area contributed by atoms with E-state index in [0.717, 1.165) is 31.4 Å². The maximum absolute atomic E-state index is 13.9. The zero-order valence-electron chi connectivity index (χ0n) is 13.7. The highest BCUT2D eigenvalue weighted by Gasteiger charge is 2.67. The van der Waals surface area contributed by atoms with Gasteiger partial charge in [-0.15, -0.1) is 0 Å². The minimum Gasteiger partial charge on any atom is -0.464 e. The van der Waals surface area contributed by atoms with E-state index in [1.807, 2.05) is 5.32 Å². The number of pyridine rings is 1. The summed E-state index contributed by atoms with van der Waals surface area (Å²) in [5.41, 5.74) is -4.02. The molecule has 144 valence electrons. The van der Waals surface area contributed by atoms with Crippen LogP contribution in [0.5, 0.6) is 0 Å². The molecule has 0 bridgehead atoms. The van der Waals surface area contributed by atoms with E-state index in [1.165, 1.54) is 18.3 Å². The van der Waals surface area contributed by atoms with Crippen LogP contribution in [0.1, 0.15) is 10.4 Å². The molecular weight excluding hydrogens is 438 g/mol. The smallest absolute Gasteiger partial charge is 0.464 e. The summed E-state index contributed by atoms with van der Waals surface area (Å²) >= 11 is 3.11. The standard InChI is InChI=1S/C16H12BrF4N3O3/c1-27-14(26)15(16(19,20)21,23-12-6-5-10(17)8-22-12)24-13(25)9-3-2-4-11(18)7-9/h2-8H,1H3,(H,22,23)(H,24,25)/p+1/t15-/m0/s1. The van der Waals surface area contributed by atoms with Crippen LogP contribution in [0.3, 0.4) is 0 Å². The largest absolute Gasteiger partial charge is 0.464 e. The second-order valence-electron chi connectivity index (χ2n) is 5.25. The molecule has 0 spiro atoms. The van der Waals surface area contributed by atoms with Crippen LogP contribution in [0.4, 0.5) is 23.4 Å². The quantitative estimate of drug-likeness (QED) is 0.416. The van der Waals surface area contributed by atoms with Crippen LogP contribution >= 0.6 is 15.9 Å². The molecule has 0 fully saturated rings. The van der Waals surface area contributed by atoms with Gasteiger partial charge in [-0.1, -0.05) is 6.07 Å². The van der Waals surface area contributed by atoms with E-state index < -0.39 is 35.1 Å². The Kier molecular flexibility index (Phi) is 6.04. The highest BCUT2D eigenvalue weighted by molar-refractivity contribution is 9.10. The van der Waals surface area contributed by atoms with Crippen molar-refractivity contribution in [2.45, 2.75) is 11.8 Å². The average Bonchev–Trinajstić information content (AvgIpc) is 2.61. The van der Waals surface area contributed by atoms with Crippen molar-refractivity contribution in [2.75, 3.05) is 12.4 Å². The molecule has 0 unspecified atom stereocenters. The van der Waals surface area contributed by atoms with Crippen LogP contribution in [-0.2, 0) is 9.53 Å². The molecule has 1 aromatic heterocycles. The monoisotopic (exact) mass is 450 g/mol. The van der Waals surface area contributed by atoms with Gasteiger partial charge in [-0.3, -0.25) is 10.1 Å². The van der Waals surface area contributed by atoms with Gasteiger partial charge in [-0.05, 0) is 40.2 Å². The lowest BCUT2D eigenvalue weighted by molar-refractivity contribution is -0.363. The van der Waals surface area contributed by atoms with E-state index in [9.17, 15) is 27.2 Å². The van der Waals surface area contributed by atoms with Crippen LogP contribution in [0.15, 0.2) is 47.1 Å². The molecule has 1 aromatic carbocycles. The van der Waals surface area contributed by atoms with Crippen molar-refractivity contribution in [1.82, 2.24) is 5.32 Å². The van der Waals surface area contributed by atoms with Crippen LogP contribution in [0, 0.1) is 5.82 Å². The number of rotatable bonds is 5. The molecule has 0 radical (unpaired) electrons. The van der Waals surface area contributed by atoms with Crippen LogP contribution in [-0.4, -0.2) is 30.8 Å². The third-order valence-corrected chi connectivity index (χ3v) is 3.89. The third kappa shape index (κ3) is 4.54. The van der Waals surface area contributed by atoms with E-state index in [4.69, 9.17) is 0 Å². The molecule has 0 aliphatic carbocycles. The van der Waals surface area contributed by atoms with Crippen molar-refractivity contribution >= 4 is 33.6 Å². The maximum atomic E-state index is 13.9. The van der Waals surface area contributed by atoms with Crippen molar-refractivity contribution in [2.24, 2.45) is 0 Å². The van der Waals surface area contributed by atoms with Gasteiger partial charge in [0.15, 0.2) is 0 Å². The number of amides is 1. The van der Waals surface area contributed by atoms with E-state index in [1.54, 1.807) is 5.32 Å². The van der Waals surface area contributed by atoms with Crippen LogP contribution in [0.2, 0.25) is 0 Å². The Morgan fingerprint density at radius 3 is 2.41 bits per heavy atom. The first kappa shape index (κ1) is 20.6. The molecule has 0 saturated heterocycles. The van der Waals surface area contributed by atoms with Gasteiger partial charge < -0.3 is 4.74 Å². The van der Waals surface area contributed by atoms with Gasteiger partial charge in [0, 0.05) is 11.6 Å². The normalized spacial score (nSPS) is 13.4. The summed E-state index contributed by atoms with van der Waals surface area (Å²) in [6, 6.07) is 6.62. The number of nitrogens with one attached hydrogen (secondary N) is 3. The van der Waals surface area contributed by atoms with Crippen molar-refractivity contribution in [3.63, 3.8) is 0 Å².